The Morgan fingerprint density at radius 1 is 1.33 bits per heavy atom. The van der Waals surface area contributed by atoms with E-state index in [0.717, 1.165) is 10.4 Å². The summed E-state index contributed by atoms with van der Waals surface area (Å²) in [5, 5.41) is 4.63. The lowest BCUT2D eigenvalue weighted by molar-refractivity contribution is 0.397. The predicted octanol–water partition coefficient (Wildman–Crippen LogP) is 1.35. The van der Waals surface area contributed by atoms with E-state index in [1.807, 2.05) is 7.05 Å². The zero-order valence-electron chi connectivity index (χ0n) is 11.8. The number of nitrogens with one attached hydrogen (secondary N) is 2. The van der Waals surface area contributed by atoms with Gasteiger partial charge in [0.25, 0.3) is 0 Å². The lowest BCUT2D eigenvalue weighted by Gasteiger charge is -2.06. The van der Waals surface area contributed by atoms with Gasteiger partial charge in [-0.3, -0.25) is 0 Å². The summed E-state index contributed by atoms with van der Waals surface area (Å²) >= 11 is 1.42. The number of rotatable bonds is 7. The second-order valence-electron chi connectivity index (χ2n) is 4.31. The average molecular weight is 327 g/mol. The summed E-state index contributed by atoms with van der Waals surface area (Å²) in [6.07, 6.45) is 1.58. The number of thiophene rings is 1. The summed E-state index contributed by atoms with van der Waals surface area (Å²) in [5.74, 6) is 0.457. The topological polar surface area (TPSA) is 80.3 Å². The van der Waals surface area contributed by atoms with E-state index in [0.29, 0.717) is 17.3 Å². The van der Waals surface area contributed by atoms with Crippen LogP contribution < -0.4 is 14.8 Å². The molecule has 2 N–H and O–H groups in total. The van der Waals surface area contributed by atoms with E-state index in [1.54, 1.807) is 29.8 Å². The number of hydrogen-bond acceptors (Lipinski definition) is 6. The van der Waals surface area contributed by atoms with Crippen LogP contribution in [0.4, 0.5) is 0 Å². The molecule has 2 aromatic rings. The van der Waals surface area contributed by atoms with Gasteiger partial charge in [-0.15, -0.1) is 11.3 Å². The smallest absolute Gasteiger partial charge is 0.241 e. The number of methoxy groups -OCH3 is 1. The first-order valence-electron chi connectivity index (χ1n) is 6.26. The number of nitrogens with zero attached hydrogens (tertiary/aromatic N) is 1. The minimum Gasteiger partial charge on any atom is -0.481 e. The van der Waals surface area contributed by atoms with Crippen LogP contribution in [0.1, 0.15) is 10.4 Å². The van der Waals surface area contributed by atoms with Crippen LogP contribution in [0.15, 0.2) is 34.7 Å². The van der Waals surface area contributed by atoms with Gasteiger partial charge in [0.1, 0.15) is 0 Å². The van der Waals surface area contributed by atoms with Crippen LogP contribution in [0.2, 0.25) is 0 Å². The van der Waals surface area contributed by atoms with Gasteiger partial charge >= 0.3 is 0 Å². The van der Waals surface area contributed by atoms with E-state index in [4.69, 9.17) is 4.74 Å². The van der Waals surface area contributed by atoms with Crippen molar-refractivity contribution >= 4 is 21.4 Å². The minimum atomic E-state index is -3.50. The quantitative estimate of drug-likeness (QED) is 0.802. The van der Waals surface area contributed by atoms with Crippen LogP contribution in [-0.2, 0) is 23.1 Å². The van der Waals surface area contributed by atoms with E-state index in [9.17, 15) is 8.42 Å². The Kier molecular flexibility index (Phi) is 5.29. The Bertz CT molecular complexity index is 698. The Morgan fingerprint density at radius 3 is 2.86 bits per heavy atom. The van der Waals surface area contributed by atoms with E-state index in [1.165, 1.54) is 18.4 Å². The SMILES string of the molecule is CNCc1cc(S(=O)(=O)NCc2ccnc(OC)c2)cs1. The van der Waals surface area contributed by atoms with Crippen molar-refractivity contribution in [1.82, 2.24) is 15.0 Å². The molecule has 0 spiro atoms. The van der Waals surface area contributed by atoms with E-state index in [-0.39, 0.29) is 6.54 Å². The number of ether oxygens (including phenoxy) is 1. The number of hydrogen-bond donors (Lipinski definition) is 2. The van der Waals surface area contributed by atoms with Gasteiger partial charge in [0.15, 0.2) is 0 Å². The molecule has 0 unspecified atom stereocenters. The molecule has 8 heteroatoms. The van der Waals surface area contributed by atoms with Crippen molar-refractivity contribution in [2.45, 2.75) is 18.0 Å². The number of aromatic nitrogens is 1. The highest BCUT2D eigenvalue weighted by atomic mass is 32.2. The van der Waals surface area contributed by atoms with Crippen molar-refractivity contribution in [3.8, 4) is 5.88 Å². The van der Waals surface area contributed by atoms with Gasteiger partial charge in [-0.2, -0.15) is 0 Å². The van der Waals surface area contributed by atoms with Gasteiger partial charge in [0.05, 0.1) is 12.0 Å². The lowest BCUT2D eigenvalue weighted by Crippen LogP contribution is -2.22. The molecule has 114 valence electrons. The third-order valence-electron chi connectivity index (χ3n) is 2.77. The first-order valence-corrected chi connectivity index (χ1v) is 8.62. The second kappa shape index (κ2) is 6.99. The molecule has 2 rings (SSSR count). The van der Waals surface area contributed by atoms with E-state index < -0.39 is 10.0 Å². The molecule has 0 bridgehead atoms. The van der Waals surface area contributed by atoms with Crippen LogP contribution in [-0.4, -0.2) is 27.6 Å². The summed E-state index contributed by atoms with van der Waals surface area (Å²) in [5.41, 5.74) is 0.788. The van der Waals surface area contributed by atoms with Crippen LogP contribution in [0, 0.1) is 0 Å². The standard InChI is InChI=1S/C13H17N3O3S2/c1-14-8-11-6-12(9-20-11)21(17,18)16-7-10-3-4-15-13(5-10)19-2/h3-6,9,14,16H,7-8H2,1-2H3. The summed E-state index contributed by atoms with van der Waals surface area (Å²) < 4.78 is 32.0. The largest absolute Gasteiger partial charge is 0.481 e. The Balaban J connectivity index is 2.06. The van der Waals surface area contributed by atoms with Gasteiger partial charge in [0.2, 0.25) is 15.9 Å². The maximum Gasteiger partial charge on any atom is 0.241 e. The highest BCUT2D eigenvalue weighted by Gasteiger charge is 2.16. The summed E-state index contributed by atoms with van der Waals surface area (Å²) in [4.78, 5) is 5.25. The first kappa shape index (κ1) is 15.9. The minimum absolute atomic E-state index is 0.193. The second-order valence-corrected chi connectivity index (χ2v) is 7.07. The molecule has 2 aromatic heterocycles. The Labute approximate surface area is 128 Å². The molecule has 0 aromatic carbocycles. The molecule has 0 saturated carbocycles. The van der Waals surface area contributed by atoms with Crippen molar-refractivity contribution < 1.29 is 13.2 Å². The highest BCUT2D eigenvalue weighted by Crippen LogP contribution is 2.19. The molecule has 0 amide bonds. The van der Waals surface area contributed by atoms with E-state index >= 15 is 0 Å². The predicted molar refractivity (Wildman–Crippen MR) is 81.9 cm³/mol. The van der Waals surface area contributed by atoms with Gasteiger partial charge < -0.3 is 10.1 Å². The molecule has 0 aliphatic carbocycles. The fraction of sp³-hybridized carbons (Fsp3) is 0.308. The summed E-state index contributed by atoms with van der Waals surface area (Å²) in [7, 11) is -0.163. The molecule has 21 heavy (non-hydrogen) atoms. The van der Waals surface area contributed by atoms with Crippen LogP contribution in [0.5, 0.6) is 5.88 Å². The molecule has 0 aliphatic rings. The fourth-order valence-electron chi connectivity index (χ4n) is 1.70. The zero-order valence-corrected chi connectivity index (χ0v) is 13.4. The van der Waals surface area contributed by atoms with Crippen LogP contribution in [0.3, 0.4) is 0 Å². The Hall–Kier alpha value is -1.48. The van der Waals surface area contributed by atoms with Crippen molar-refractivity contribution in [2.75, 3.05) is 14.2 Å². The highest BCUT2D eigenvalue weighted by molar-refractivity contribution is 7.89. The third-order valence-corrected chi connectivity index (χ3v) is 5.23. The van der Waals surface area contributed by atoms with Crippen LogP contribution >= 0.6 is 11.3 Å². The molecule has 0 saturated heterocycles. The molecule has 0 radical (unpaired) electrons. The molecule has 0 aliphatic heterocycles. The molecular weight excluding hydrogens is 310 g/mol. The summed E-state index contributed by atoms with van der Waals surface area (Å²) in [6, 6.07) is 5.12. The average Bonchev–Trinajstić information content (AvgIpc) is 2.95. The van der Waals surface area contributed by atoms with Crippen molar-refractivity contribution in [3.63, 3.8) is 0 Å². The fourth-order valence-corrected chi connectivity index (χ4v) is 4.01. The molecule has 6 nitrogen and oxygen atoms in total. The monoisotopic (exact) mass is 327 g/mol. The normalized spacial score (nSPS) is 11.5. The lowest BCUT2D eigenvalue weighted by atomic mass is 10.3. The third kappa shape index (κ3) is 4.24. The molecular formula is C13H17N3O3S2. The molecule has 0 atom stereocenters. The first-order chi connectivity index (χ1) is 10.0. The van der Waals surface area contributed by atoms with Crippen molar-refractivity contribution in [2.24, 2.45) is 0 Å². The van der Waals surface area contributed by atoms with Gasteiger partial charge in [-0.1, -0.05) is 0 Å². The number of sulfonamides is 1. The van der Waals surface area contributed by atoms with Gasteiger partial charge in [-0.25, -0.2) is 18.1 Å². The van der Waals surface area contributed by atoms with Crippen molar-refractivity contribution in [1.29, 1.82) is 0 Å². The van der Waals surface area contributed by atoms with Crippen molar-refractivity contribution in [3.05, 3.63) is 40.2 Å². The summed E-state index contributed by atoms with van der Waals surface area (Å²) in [6.45, 7) is 0.847. The molecule has 0 fully saturated rings. The van der Waals surface area contributed by atoms with Gasteiger partial charge in [0, 0.05) is 35.6 Å². The Morgan fingerprint density at radius 2 is 2.14 bits per heavy atom. The van der Waals surface area contributed by atoms with Crippen LogP contribution in [0.25, 0.3) is 0 Å². The zero-order chi connectivity index (χ0) is 15.3. The maximum atomic E-state index is 12.2. The number of pyridine rings is 1. The molecule has 2 heterocycles. The maximum absolute atomic E-state index is 12.2. The van der Waals surface area contributed by atoms with Gasteiger partial charge in [-0.05, 0) is 24.7 Å². The van der Waals surface area contributed by atoms with E-state index in [2.05, 4.69) is 15.0 Å².